The van der Waals surface area contributed by atoms with Crippen LogP contribution < -0.4 is 4.74 Å². The molecule has 0 atom stereocenters. The van der Waals surface area contributed by atoms with Crippen molar-refractivity contribution in [2.75, 3.05) is 0 Å². The molecule has 0 aliphatic heterocycles. The number of ether oxygens (including phenoxy) is 1. The normalized spacial score (nSPS) is 10.4. The van der Waals surface area contributed by atoms with Gasteiger partial charge in [0.15, 0.2) is 0 Å². The molecule has 0 spiro atoms. The molecule has 0 unspecified atom stereocenters. The first-order valence-corrected chi connectivity index (χ1v) is 6.06. The summed E-state index contributed by atoms with van der Waals surface area (Å²) in [6, 6.07) is 4.10. The Kier molecular flexibility index (Phi) is 4.01. The zero-order valence-electron chi connectivity index (χ0n) is 10.2. The van der Waals surface area contributed by atoms with Crippen LogP contribution in [0.1, 0.15) is 12.5 Å². The molecule has 1 aromatic heterocycles. The van der Waals surface area contributed by atoms with Gasteiger partial charge in [-0.1, -0.05) is 11.6 Å². The molecule has 0 aliphatic rings. The van der Waals surface area contributed by atoms with Crippen molar-refractivity contribution >= 4 is 17.3 Å². The SMILES string of the molecule is CCn1cc(COc2cc([N+](=O)[O-])ccc2Cl)cn1. The summed E-state index contributed by atoms with van der Waals surface area (Å²) < 4.78 is 7.25. The van der Waals surface area contributed by atoms with Gasteiger partial charge in [0.2, 0.25) is 0 Å². The van der Waals surface area contributed by atoms with E-state index in [9.17, 15) is 10.1 Å². The van der Waals surface area contributed by atoms with Gasteiger partial charge in [0.25, 0.3) is 5.69 Å². The van der Waals surface area contributed by atoms with Gasteiger partial charge in [0.1, 0.15) is 12.4 Å². The average Bonchev–Trinajstić information content (AvgIpc) is 2.85. The Balaban J connectivity index is 2.10. The van der Waals surface area contributed by atoms with Gasteiger partial charge >= 0.3 is 0 Å². The lowest BCUT2D eigenvalue weighted by molar-refractivity contribution is -0.384. The third kappa shape index (κ3) is 3.23. The number of rotatable bonds is 5. The molecule has 0 fully saturated rings. The number of aryl methyl sites for hydroxylation is 1. The Labute approximate surface area is 114 Å². The topological polar surface area (TPSA) is 70.2 Å². The molecule has 1 heterocycles. The zero-order valence-corrected chi connectivity index (χ0v) is 11.0. The summed E-state index contributed by atoms with van der Waals surface area (Å²) in [7, 11) is 0. The number of nitrogens with zero attached hydrogens (tertiary/aromatic N) is 3. The Morgan fingerprint density at radius 2 is 2.32 bits per heavy atom. The Bertz CT molecular complexity index is 598. The summed E-state index contributed by atoms with van der Waals surface area (Å²) in [4.78, 5) is 10.2. The predicted octanol–water partition coefficient (Wildman–Crippen LogP) is 3.04. The zero-order chi connectivity index (χ0) is 13.8. The number of nitro groups is 1. The summed E-state index contributed by atoms with van der Waals surface area (Å²) >= 11 is 5.93. The summed E-state index contributed by atoms with van der Waals surface area (Å²) in [5.74, 6) is 0.292. The highest BCUT2D eigenvalue weighted by molar-refractivity contribution is 6.32. The number of hydrogen-bond acceptors (Lipinski definition) is 4. The second kappa shape index (κ2) is 5.71. The van der Waals surface area contributed by atoms with Gasteiger partial charge in [0.05, 0.1) is 22.2 Å². The van der Waals surface area contributed by atoms with Crippen LogP contribution in [-0.4, -0.2) is 14.7 Å². The van der Waals surface area contributed by atoms with Crippen molar-refractivity contribution in [1.82, 2.24) is 9.78 Å². The van der Waals surface area contributed by atoms with Gasteiger partial charge in [-0.3, -0.25) is 14.8 Å². The van der Waals surface area contributed by atoms with Crippen LogP contribution in [0.3, 0.4) is 0 Å². The number of hydrogen-bond donors (Lipinski definition) is 0. The minimum Gasteiger partial charge on any atom is -0.487 e. The van der Waals surface area contributed by atoms with Crippen LogP contribution in [0.2, 0.25) is 5.02 Å². The van der Waals surface area contributed by atoms with Crippen molar-refractivity contribution < 1.29 is 9.66 Å². The first kappa shape index (κ1) is 13.4. The van der Waals surface area contributed by atoms with E-state index in [-0.39, 0.29) is 12.3 Å². The molecule has 2 aromatic rings. The summed E-state index contributed by atoms with van der Waals surface area (Å²) in [5.41, 5.74) is 0.827. The van der Waals surface area contributed by atoms with E-state index in [1.165, 1.54) is 18.2 Å². The molecule has 6 nitrogen and oxygen atoms in total. The maximum Gasteiger partial charge on any atom is 0.273 e. The summed E-state index contributed by atoms with van der Waals surface area (Å²) in [6.45, 7) is 3.02. The van der Waals surface area contributed by atoms with E-state index in [1.54, 1.807) is 10.9 Å². The maximum absolute atomic E-state index is 10.7. The van der Waals surface area contributed by atoms with Crippen LogP contribution in [0.5, 0.6) is 5.75 Å². The lowest BCUT2D eigenvalue weighted by Crippen LogP contribution is -1.97. The minimum absolute atomic E-state index is 0.0522. The third-order valence-electron chi connectivity index (χ3n) is 2.53. The fraction of sp³-hybridized carbons (Fsp3) is 0.250. The number of halogens is 1. The minimum atomic E-state index is -0.488. The van der Waals surface area contributed by atoms with Crippen LogP contribution in [0, 0.1) is 10.1 Å². The van der Waals surface area contributed by atoms with E-state index >= 15 is 0 Å². The van der Waals surface area contributed by atoms with Crippen molar-refractivity contribution in [3.63, 3.8) is 0 Å². The highest BCUT2D eigenvalue weighted by Gasteiger charge is 2.11. The average molecular weight is 282 g/mol. The third-order valence-corrected chi connectivity index (χ3v) is 2.84. The van der Waals surface area contributed by atoms with Gasteiger partial charge in [-0.2, -0.15) is 5.10 Å². The lowest BCUT2D eigenvalue weighted by Gasteiger charge is -2.06. The van der Waals surface area contributed by atoms with E-state index in [0.29, 0.717) is 10.8 Å². The lowest BCUT2D eigenvalue weighted by atomic mass is 10.3. The monoisotopic (exact) mass is 281 g/mol. The molecule has 0 radical (unpaired) electrons. The molecule has 19 heavy (non-hydrogen) atoms. The fourth-order valence-electron chi connectivity index (χ4n) is 1.53. The van der Waals surface area contributed by atoms with Crippen LogP contribution in [0.25, 0.3) is 0 Å². The van der Waals surface area contributed by atoms with Crippen molar-refractivity contribution in [2.45, 2.75) is 20.1 Å². The van der Waals surface area contributed by atoms with Crippen molar-refractivity contribution in [2.24, 2.45) is 0 Å². The highest BCUT2D eigenvalue weighted by atomic mass is 35.5. The molecule has 1 aromatic carbocycles. The smallest absolute Gasteiger partial charge is 0.273 e. The fourth-order valence-corrected chi connectivity index (χ4v) is 1.70. The second-order valence-corrected chi connectivity index (χ2v) is 4.27. The number of nitro benzene ring substituents is 1. The predicted molar refractivity (Wildman–Crippen MR) is 70.3 cm³/mol. The van der Waals surface area contributed by atoms with E-state index < -0.39 is 4.92 Å². The van der Waals surface area contributed by atoms with Gasteiger partial charge < -0.3 is 4.74 Å². The highest BCUT2D eigenvalue weighted by Crippen LogP contribution is 2.29. The van der Waals surface area contributed by atoms with Gasteiger partial charge in [-0.15, -0.1) is 0 Å². The Morgan fingerprint density at radius 3 is 2.95 bits per heavy atom. The van der Waals surface area contributed by atoms with Crippen LogP contribution >= 0.6 is 11.6 Å². The quantitative estimate of drug-likeness (QED) is 0.624. The summed E-state index contributed by atoms with van der Waals surface area (Å²) in [6.07, 6.45) is 3.54. The first-order chi connectivity index (χ1) is 9.10. The van der Waals surface area contributed by atoms with Crippen LogP contribution in [-0.2, 0) is 13.2 Å². The van der Waals surface area contributed by atoms with E-state index in [2.05, 4.69) is 5.10 Å². The molecule has 0 N–H and O–H groups in total. The van der Waals surface area contributed by atoms with Crippen molar-refractivity contribution in [1.29, 1.82) is 0 Å². The van der Waals surface area contributed by atoms with Crippen LogP contribution in [0.15, 0.2) is 30.6 Å². The van der Waals surface area contributed by atoms with Crippen LogP contribution in [0.4, 0.5) is 5.69 Å². The molecule has 7 heteroatoms. The molecule has 0 saturated heterocycles. The van der Waals surface area contributed by atoms with E-state index in [0.717, 1.165) is 12.1 Å². The molecule has 0 amide bonds. The van der Waals surface area contributed by atoms with Gasteiger partial charge in [-0.25, -0.2) is 0 Å². The van der Waals surface area contributed by atoms with Gasteiger partial charge in [-0.05, 0) is 13.0 Å². The largest absolute Gasteiger partial charge is 0.487 e. The van der Waals surface area contributed by atoms with E-state index in [4.69, 9.17) is 16.3 Å². The molecule has 0 aliphatic carbocycles. The molecule has 0 saturated carbocycles. The second-order valence-electron chi connectivity index (χ2n) is 3.86. The molecule has 0 bridgehead atoms. The number of aromatic nitrogens is 2. The van der Waals surface area contributed by atoms with Crippen molar-refractivity contribution in [3.05, 3.63) is 51.3 Å². The number of non-ortho nitro benzene ring substituents is 1. The Morgan fingerprint density at radius 1 is 1.53 bits per heavy atom. The molecule has 100 valence electrons. The molecular formula is C12H12ClN3O3. The number of benzene rings is 1. The first-order valence-electron chi connectivity index (χ1n) is 5.68. The maximum atomic E-state index is 10.7. The standard InChI is InChI=1S/C12H12ClN3O3/c1-2-15-7-9(6-14-15)8-19-12-5-10(16(17)18)3-4-11(12)13/h3-7H,2,8H2,1H3. The molecular weight excluding hydrogens is 270 g/mol. The van der Waals surface area contributed by atoms with E-state index in [1.807, 2.05) is 13.1 Å². The Hall–Kier alpha value is -2.08. The summed E-state index contributed by atoms with van der Waals surface area (Å²) in [5, 5.41) is 15.1. The van der Waals surface area contributed by atoms with Gasteiger partial charge in [0, 0.05) is 24.4 Å². The van der Waals surface area contributed by atoms with Crippen molar-refractivity contribution in [3.8, 4) is 5.75 Å². The molecule has 2 rings (SSSR count).